The van der Waals surface area contributed by atoms with Crippen LogP contribution in [-0.2, 0) is 26.1 Å². The summed E-state index contributed by atoms with van der Waals surface area (Å²) < 4.78 is 34.2. The van der Waals surface area contributed by atoms with E-state index >= 15 is 0 Å². The fourth-order valence-electron chi connectivity index (χ4n) is 3.26. The lowest BCUT2D eigenvalue weighted by Gasteiger charge is -2.26. The van der Waals surface area contributed by atoms with Gasteiger partial charge in [0.15, 0.2) is 0 Å². The Bertz CT molecular complexity index is 945. The molecule has 1 saturated heterocycles. The zero-order chi connectivity index (χ0) is 20.3. The molecule has 0 bridgehead atoms. The van der Waals surface area contributed by atoms with E-state index in [1.54, 1.807) is 18.5 Å². The van der Waals surface area contributed by atoms with Crippen molar-refractivity contribution >= 4 is 21.6 Å². The Labute approximate surface area is 165 Å². The van der Waals surface area contributed by atoms with E-state index < -0.39 is 10.0 Å². The van der Waals surface area contributed by atoms with E-state index in [-0.39, 0.29) is 17.2 Å². The molecule has 1 amide bonds. The maximum absolute atomic E-state index is 13.0. The summed E-state index contributed by atoms with van der Waals surface area (Å²) in [7, 11) is -3.62. The third-order valence-electron chi connectivity index (χ3n) is 4.77. The summed E-state index contributed by atoms with van der Waals surface area (Å²) in [5, 5.41) is 7.20. The normalized spacial score (nSPS) is 15.5. The Morgan fingerprint density at radius 3 is 2.43 bits per heavy atom. The predicted octanol–water partition coefficient (Wildman–Crippen LogP) is 1.86. The van der Waals surface area contributed by atoms with Crippen LogP contribution in [0.4, 0.5) is 5.69 Å². The molecule has 0 unspecified atom stereocenters. The van der Waals surface area contributed by atoms with Crippen molar-refractivity contribution in [1.82, 2.24) is 14.1 Å². The Kier molecular flexibility index (Phi) is 6.17. The standard InChI is InChI=1S/C19H26N4O4S/c1-14-4-6-17(7-5-14)20-18(24)8-9-23-16(3)19(15(2)21-23)28(25,26)22-10-12-27-13-11-22/h4-7H,8-13H2,1-3H3,(H,20,24). The van der Waals surface area contributed by atoms with Crippen LogP contribution in [0.25, 0.3) is 0 Å². The van der Waals surface area contributed by atoms with Gasteiger partial charge >= 0.3 is 0 Å². The number of sulfonamides is 1. The maximum atomic E-state index is 13.0. The van der Waals surface area contributed by atoms with Gasteiger partial charge in [0.05, 0.1) is 31.1 Å². The van der Waals surface area contributed by atoms with Gasteiger partial charge in [0.1, 0.15) is 4.90 Å². The van der Waals surface area contributed by atoms with Gasteiger partial charge in [-0.15, -0.1) is 0 Å². The van der Waals surface area contributed by atoms with Gasteiger partial charge in [-0.3, -0.25) is 9.48 Å². The number of carbonyl (C=O) groups excluding carboxylic acids is 1. The van der Waals surface area contributed by atoms with Gasteiger partial charge in [-0.1, -0.05) is 17.7 Å². The molecule has 28 heavy (non-hydrogen) atoms. The van der Waals surface area contributed by atoms with Gasteiger partial charge in [0.25, 0.3) is 0 Å². The monoisotopic (exact) mass is 406 g/mol. The second kappa shape index (κ2) is 8.42. The molecule has 2 aromatic rings. The Morgan fingerprint density at radius 1 is 1.14 bits per heavy atom. The zero-order valence-electron chi connectivity index (χ0n) is 16.4. The molecule has 0 saturated carbocycles. The van der Waals surface area contributed by atoms with Crippen LogP contribution in [0.15, 0.2) is 29.2 Å². The molecule has 1 N–H and O–H groups in total. The summed E-state index contributed by atoms with van der Waals surface area (Å²) in [4.78, 5) is 12.5. The van der Waals surface area contributed by atoms with Gasteiger partial charge in [-0.2, -0.15) is 9.40 Å². The highest BCUT2D eigenvalue weighted by atomic mass is 32.2. The molecular weight excluding hydrogens is 380 g/mol. The van der Waals surface area contributed by atoms with Gasteiger partial charge in [-0.25, -0.2) is 8.42 Å². The van der Waals surface area contributed by atoms with Crippen molar-refractivity contribution in [3.05, 3.63) is 41.2 Å². The van der Waals surface area contributed by atoms with Crippen molar-refractivity contribution in [2.24, 2.45) is 0 Å². The first-order valence-electron chi connectivity index (χ1n) is 9.27. The van der Waals surface area contributed by atoms with Crippen LogP contribution in [0.3, 0.4) is 0 Å². The molecule has 1 aliphatic heterocycles. The van der Waals surface area contributed by atoms with E-state index in [0.29, 0.717) is 44.2 Å². The smallest absolute Gasteiger partial charge is 0.246 e. The van der Waals surface area contributed by atoms with Gasteiger partial charge in [0, 0.05) is 25.2 Å². The number of ether oxygens (including phenoxy) is 1. The third-order valence-corrected chi connectivity index (χ3v) is 6.92. The number of morpholine rings is 1. The van der Waals surface area contributed by atoms with E-state index in [9.17, 15) is 13.2 Å². The van der Waals surface area contributed by atoms with Crippen LogP contribution >= 0.6 is 0 Å². The lowest BCUT2D eigenvalue weighted by molar-refractivity contribution is -0.116. The van der Waals surface area contributed by atoms with Crippen LogP contribution in [0.1, 0.15) is 23.4 Å². The first-order valence-corrected chi connectivity index (χ1v) is 10.7. The summed E-state index contributed by atoms with van der Waals surface area (Å²) >= 11 is 0. The number of aryl methyl sites for hydroxylation is 3. The number of rotatable bonds is 6. The van der Waals surface area contributed by atoms with Crippen LogP contribution in [0.2, 0.25) is 0 Å². The number of anilines is 1. The largest absolute Gasteiger partial charge is 0.379 e. The molecule has 3 rings (SSSR count). The number of nitrogens with one attached hydrogen (secondary N) is 1. The highest BCUT2D eigenvalue weighted by Crippen LogP contribution is 2.24. The van der Waals surface area contributed by atoms with E-state index in [4.69, 9.17) is 4.74 Å². The SMILES string of the molecule is Cc1ccc(NC(=O)CCn2nc(C)c(S(=O)(=O)N3CCOCC3)c2C)cc1. The van der Waals surface area contributed by atoms with E-state index in [1.807, 2.05) is 31.2 Å². The number of benzene rings is 1. The van der Waals surface area contributed by atoms with Crippen LogP contribution in [0.5, 0.6) is 0 Å². The average molecular weight is 407 g/mol. The summed E-state index contributed by atoms with van der Waals surface area (Å²) in [5.74, 6) is -0.144. The van der Waals surface area contributed by atoms with Gasteiger partial charge < -0.3 is 10.1 Å². The molecule has 1 aliphatic rings. The third kappa shape index (κ3) is 4.43. The van der Waals surface area contributed by atoms with Crippen molar-refractivity contribution in [1.29, 1.82) is 0 Å². The van der Waals surface area contributed by atoms with E-state index in [1.165, 1.54) is 4.31 Å². The summed E-state index contributed by atoms with van der Waals surface area (Å²) in [6, 6.07) is 7.56. The molecule has 9 heteroatoms. The molecule has 2 heterocycles. The summed E-state index contributed by atoms with van der Waals surface area (Å²) in [6.45, 7) is 7.17. The highest BCUT2D eigenvalue weighted by molar-refractivity contribution is 7.89. The lowest BCUT2D eigenvalue weighted by atomic mass is 10.2. The van der Waals surface area contributed by atoms with Crippen LogP contribution < -0.4 is 5.32 Å². The Hall–Kier alpha value is -2.23. The summed E-state index contributed by atoms with van der Waals surface area (Å²) in [6.07, 6.45) is 0.201. The maximum Gasteiger partial charge on any atom is 0.246 e. The Balaban J connectivity index is 1.69. The number of amides is 1. The first kappa shape index (κ1) is 20.5. The van der Waals surface area contributed by atoms with Crippen molar-refractivity contribution < 1.29 is 17.9 Å². The highest BCUT2D eigenvalue weighted by Gasteiger charge is 2.32. The second-order valence-electron chi connectivity index (χ2n) is 6.90. The fourth-order valence-corrected chi connectivity index (χ4v) is 5.04. The molecule has 0 radical (unpaired) electrons. The minimum absolute atomic E-state index is 0.144. The molecule has 1 aromatic carbocycles. The van der Waals surface area contributed by atoms with Crippen LogP contribution in [0, 0.1) is 20.8 Å². The van der Waals surface area contributed by atoms with Crippen molar-refractivity contribution in [3.8, 4) is 0 Å². The second-order valence-corrected chi connectivity index (χ2v) is 8.78. The fraction of sp³-hybridized carbons (Fsp3) is 0.474. The molecule has 1 fully saturated rings. The van der Waals surface area contributed by atoms with Crippen molar-refractivity contribution in [3.63, 3.8) is 0 Å². The van der Waals surface area contributed by atoms with Gasteiger partial charge in [0.2, 0.25) is 15.9 Å². The zero-order valence-corrected chi connectivity index (χ0v) is 17.3. The molecule has 0 atom stereocenters. The van der Waals surface area contributed by atoms with Gasteiger partial charge in [-0.05, 0) is 32.9 Å². The number of hydrogen-bond donors (Lipinski definition) is 1. The minimum Gasteiger partial charge on any atom is -0.379 e. The topological polar surface area (TPSA) is 93.5 Å². The summed E-state index contributed by atoms with van der Waals surface area (Å²) in [5.41, 5.74) is 2.85. The number of hydrogen-bond acceptors (Lipinski definition) is 5. The molecule has 0 spiro atoms. The van der Waals surface area contributed by atoms with Crippen molar-refractivity contribution in [2.75, 3.05) is 31.6 Å². The molecule has 1 aromatic heterocycles. The molecule has 0 aliphatic carbocycles. The number of aromatic nitrogens is 2. The molecule has 152 valence electrons. The average Bonchev–Trinajstić information content (AvgIpc) is 2.96. The minimum atomic E-state index is -3.62. The van der Waals surface area contributed by atoms with Crippen LogP contribution in [-0.4, -0.2) is 54.7 Å². The van der Waals surface area contributed by atoms with E-state index in [0.717, 1.165) is 11.3 Å². The predicted molar refractivity (Wildman–Crippen MR) is 106 cm³/mol. The quantitative estimate of drug-likeness (QED) is 0.790. The molecular formula is C19H26N4O4S. The Morgan fingerprint density at radius 2 is 1.79 bits per heavy atom. The molecule has 8 nitrogen and oxygen atoms in total. The number of carbonyl (C=O) groups is 1. The lowest BCUT2D eigenvalue weighted by Crippen LogP contribution is -2.41. The van der Waals surface area contributed by atoms with Crippen molar-refractivity contribution in [2.45, 2.75) is 38.6 Å². The number of nitrogens with zero attached hydrogens (tertiary/aromatic N) is 3. The first-order chi connectivity index (χ1) is 13.3. The van der Waals surface area contributed by atoms with E-state index in [2.05, 4.69) is 10.4 Å².